The van der Waals surface area contributed by atoms with Crippen LogP contribution in [0.15, 0.2) is 18.2 Å². The molecule has 0 aliphatic carbocycles. The average molecular weight is 307 g/mol. The molecule has 0 heterocycles. The van der Waals surface area contributed by atoms with Gasteiger partial charge in [0.1, 0.15) is 5.82 Å². The van der Waals surface area contributed by atoms with Crippen molar-refractivity contribution in [2.24, 2.45) is 5.41 Å². The maximum Gasteiger partial charge on any atom is 0.315 e. The molecule has 22 heavy (non-hydrogen) atoms. The van der Waals surface area contributed by atoms with Crippen LogP contribution in [0.5, 0.6) is 0 Å². The first-order valence-electron chi connectivity index (χ1n) is 7.12. The van der Waals surface area contributed by atoms with Crippen molar-refractivity contribution in [1.29, 1.82) is 5.26 Å². The van der Waals surface area contributed by atoms with E-state index in [9.17, 15) is 14.3 Å². The van der Waals surface area contributed by atoms with E-state index in [1.54, 1.807) is 6.92 Å². The molecule has 2 amide bonds. The number of hydrogen-bond acceptors (Lipinski definition) is 3. The Kier molecular flexibility index (Phi) is 6.32. The number of urea groups is 1. The Morgan fingerprint density at radius 1 is 1.45 bits per heavy atom. The molecule has 1 aromatic rings. The first-order valence-corrected chi connectivity index (χ1v) is 7.12. The van der Waals surface area contributed by atoms with E-state index in [1.165, 1.54) is 12.1 Å². The minimum Gasteiger partial charge on any atom is -0.393 e. The normalized spacial score (nSPS) is 12.4. The Bertz CT molecular complexity index is 565. The molecule has 0 spiro atoms. The van der Waals surface area contributed by atoms with E-state index >= 15 is 0 Å². The molecule has 1 aromatic carbocycles. The van der Waals surface area contributed by atoms with Crippen LogP contribution in [0.4, 0.5) is 9.18 Å². The lowest BCUT2D eigenvalue weighted by molar-refractivity contribution is 0.129. The second-order valence-corrected chi connectivity index (χ2v) is 6.17. The van der Waals surface area contributed by atoms with Gasteiger partial charge in [-0.15, -0.1) is 0 Å². The summed E-state index contributed by atoms with van der Waals surface area (Å²) in [6.07, 6.45) is 0.130. The molecule has 3 N–H and O–H groups in total. The molecule has 120 valence electrons. The fourth-order valence-electron chi connectivity index (χ4n) is 2.19. The average Bonchev–Trinajstić information content (AvgIpc) is 2.42. The van der Waals surface area contributed by atoms with Gasteiger partial charge in [0.05, 0.1) is 17.7 Å². The molecule has 0 aromatic heterocycles. The van der Waals surface area contributed by atoms with E-state index in [-0.39, 0.29) is 17.5 Å². The lowest BCUT2D eigenvalue weighted by Crippen LogP contribution is -2.41. The predicted octanol–water partition coefficient (Wildman–Crippen LogP) is 2.29. The second-order valence-electron chi connectivity index (χ2n) is 6.17. The summed E-state index contributed by atoms with van der Waals surface area (Å²) in [7, 11) is 0. The molecule has 1 atom stereocenters. The largest absolute Gasteiger partial charge is 0.393 e. The van der Waals surface area contributed by atoms with Crippen LogP contribution < -0.4 is 10.6 Å². The summed E-state index contributed by atoms with van der Waals surface area (Å²) in [5.74, 6) is -0.520. The monoisotopic (exact) mass is 307 g/mol. The fourth-order valence-corrected chi connectivity index (χ4v) is 2.19. The van der Waals surface area contributed by atoms with Gasteiger partial charge in [0.2, 0.25) is 0 Å². The maximum atomic E-state index is 13.7. The number of nitriles is 1. The third kappa shape index (κ3) is 6.10. The first-order chi connectivity index (χ1) is 10.2. The lowest BCUT2D eigenvalue weighted by atomic mass is 9.87. The third-order valence-corrected chi connectivity index (χ3v) is 3.20. The quantitative estimate of drug-likeness (QED) is 0.754. The molecule has 0 aliphatic rings. The molecular weight excluding hydrogens is 285 g/mol. The number of benzene rings is 1. The molecule has 0 fully saturated rings. The molecule has 0 radical (unpaired) electrons. The third-order valence-electron chi connectivity index (χ3n) is 3.20. The van der Waals surface area contributed by atoms with E-state index in [0.29, 0.717) is 18.5 Å². The van der Waals surface area contributed by atoms with Crippen LogP contribution in [-0.4, -0.2) is 23.8 Å². The summed E-state index contributed by atoms with van der Waals surface area (Å²) < 4.78 is 13.7. The van der Waals surface area contributed by atoms with Gasteiger partial charge in [-0.2, -0.15) is 5.26 Å². The van der Waals surface area contributed by atoms with Gasteiger partial charge >= 0.3 is 6.03 Å². The van der Waals surface area contributed by atoms with Crippen LogP contribution in [0.3, 0.4) is 0 Å². The second kappa shape index (κ2) is 7.76. The van der Waals surface area contributed by atoms with E-state index in [4.69, 9.17) is 5.26 Å². The van der Waals surface area contributed by atoms with Crippen molar-refractivity contribution in [3.05, 3.63) is 35.1 Å². The van der Waals surface area contributed by atoms with Gasteiger partial charge in [0.25, 0.3) is 0 Å². The Labute approximate surface area is 130 Å². The zero-order valence-corrected chi connectivity index (χ0v) is 13.1. The molecule has 6 heteroatoms. The van der Waals surface area contributed by atoms with Crippen molar-refractivity contribution in [2.45, 2.75) is 39.8 Å². The van der Waals surface area contributed by atoms with E-state index in [2.05, 4.69) is 10.6 Å². The van der Waals surface area contributed by atoms with Crippen molar-refractivity contribution in [3.8, 4) is 6.07 Å². The van der Waals surface area contributed by atoms with E-state index in [1.807, 2.05) is 19.9 Å². The number of nitrogens with one attached hydrogen (secondary N) is 2. The number of aliphatic hydroxyl groups excluding tert-OH is 1. The SMILES string of the molecule is C[C@H](O)CC(C)(C)CNC(=O)NCc1ccc(C#N)cc1F. The van der Waals surface area contributed by atoms with Crippen molar-refractivity contribution in [1.82, 2.24) is 10.6 Å². The van der Waals surface area contributed by atoms with Crippen LogP contribution in [0.2, 0.25) is 0 Å². The Morgan fingerprint density at radius 3 is 2.68 bits per heavy atom. The number of halogens is 1. The minimum atomic E-state index is -0.520. The number of rotatable bonds is 6. The zero-order valence-electron chi connectivity index (χ0n) is 13.1. The molecule has 0 bridgehead atoms. The summed E-state index contributed by atoms with van der Waals surface area (Å²) in [6, 6.07) is 5.57. The van der Waals surface area contributed by atoms with Crippen LogP contribution >= 0.6 is 0 Å². The van der Waals surface area contributed by atoms with Crippen LogP contribution in [0.25, 0.3) is 0 Å². The number of hydrogen-bond donors (Lipinski definition) is 3. The van der Waals surface area contributed by atoms with Crippen LogP contribution in [-0.2, 0) is 6.54 Å². The molecular formula is C16H22FN3O2. The Morgan fingerprint density at radius 2 is 2.14 bits per heavy atom. The number of amides is 2. The van der Waals surface area contributed by atoms with Gasteiger partial charge < -0.3 is 15.7 Å². The highest BCUT2D eigenvalue weighted by molar-refractivity contribution is 5.73. The van der Waals surface area contributed by atoms with E-state index < -0.39 is 18.0 Å². The zero-order chi connectivity index (χ0) is 16.8. The molecule has 0 saturated carbocycles. The lowest BCUT2D eigenvalue weighted by Gasteiger charge is -2.26. The molecule has 0 unspecified atom stereocenters. The Balaban J connectivity index is 2.45. The van der Waals surface area contributed by atoms with E-state index in [0.717, 1.165) is 6.07 Å². The fraction of sp³-hybridized carbons (Fsp3) is 0.500. The number of aliphatic hydroxyl groups is 1. The van der Waals surface area contributed by atoms with Crippen molar-refractivity contribution >= 4 is 6.03 Å². The number of carbonyl (C=O) groups is 1. The van der Waals surface area contributed by atoms with Gasteiger partial charge in [-0.25, -0.2) is 9.18 Å². The predicted molar refractivity (Wildman–Crippen MR) is 81.4 cm³/mol. The smallest absolute Gasteiger partial charge is 0.315 e. The number of carbonyl (C=O) groups excluding carboxylic acids is 1. The summed E-state index contributed by atoms with van der Waals surface area (Å²) in [5, 5.41) is 23.3. The molecule has 0 saturated heterocycles. The van der Waals surface area contributed by atoms with Crippen molar-refractivity contribution < 1.29 is 14.3 Å². The number of nitrogens with zero attached hydrogens (tertiary/aromatic N) is 1. The van der Waals surface area contributed by atoms with Crippen molar-refractivity contribution in [3.63, 3.8) is 0 Å². The maximum absolute atomic E-state index is 13.7. The van der Waals surface area contributed by atoms with Crippen molar-refractivity contribution in [2.75, 3.05) is 6.54 Å². The highest BCUT2D eigenvalue weighted by Crippen LogP contribution is 2.20. The summed E-state index contributed by atoms with van der Waals surface area (Å²) in [6.45, 7) is 6.04. The van der Waals surface area contributed by atoms with Gasteiger partial charge in [-0.3, -0.25) is 0 Å². The molecule has 5 nitrogen and oxygen atoms in total. The highest BCUT2D eigenvalue weighted by Gasteiger charge is 2.21. The van der Waals surface area contributed by atoms with Crippen LogP contribution in [0.1, 0.15) is 38.3 Å². The summed E-state index contributed by atoms with van der Waals surface area (Å²) >= 11 is 0. The highest BCUT2D eigenvalue weighted by atomic mass is 19.1. The molecule has 1 rings (SSSR count). The first kappa shape index (κ1) is 17.9. The van der Waals surface area contributed by atoms with Crippen LogP contribution in [0, 0.1) is 22.6 Å². The summed E-state index contributed by atoms with van der Waals surface area (Å²) in [5.41, 5.74) is 0.327. The summed E-state index contributed by atoms with van der Waals surface area (Å²) in [4.78, 5) is 11.7. The Hall–Kier alpha value is -2.13. The van der Waals surface area contributed by atoms with Gasteiger partial charge in [-0.1, -0.05) is 19.9 Å². The van der Waals surface area contributed by atoms with Gasteiger partial charge in [-0.05, 0) is 30.9 Å². The van der Waals surface area contributed by atoms with Gasteiger partial charge in [0, 0.05) is 18.7 Å². The molecule has 0 aliphatic heterocycles. The van der Waals surface area contributed by atoms with Gasteiger partial charge in [0.15, 0.2) is 0 Å². The topological polar surface area (TPSA) is 85.2 Å². The minimum absolute atomic E-state index is 0.0419. The standard InChI is InChI=1S/C16H22FN3O2/c1-11(21)7-16(2,3)10-20-15(22)19-9-13-5-4-12(8-18)6-14(13)17/h4-6,11,21H,7,9-10H2,1-3H3,(H2,19,20,22)/t11-/m0/s1.